The van der Waals surface area contributed by atoms with Crippen LogP contribution in [-0.4, -0.2) is 42.0 Å². The summed E-state index contributed by atoms with van der Waals surface area (Å²) in [5, 5.41) is 10.9. The molecule has 1 aromatic carbocycles. The summed E-state index contributed by atoms with van der Waals surface area (Å²) in [6, 6.07) is 10.5. The zero-order valence-corrected chi connectivity index (χ0v) is 16.2. The molecule has 1 aliphatic heterocycles. The lowest BCUT2D eigenvalue weighted by molar-refractivity contribution is -0.114. The molecule has 1 saturated heterocycles. The number of pyridine rings is 1. The van der Waals surface area contributed by atoms with Crippen LogP contribution in [0.1, 0.15) is 12.8 Å². The Morgan fingerprint density at radius 3 is 2.62 bits per heavy atom. The number of benzene rings is 1. The number of ether oxygens (including phenoxy) is 1. The Morgan fingerprint density at radius 1 is 1.17 bits per heavy atom. The first-order valence-electron chi connectivity index (χ1n) is 9.40. The zero-order chi connectivity index (χ0) is 20.6. The number of hydrogen-bond acceptors (Lipinski definition) is 8. The fraction of sp³-hybridized carbons (Fsp3) is 0.300. The third kappa shape index (κ3) is 5.84. The number of hydrogen-bond donors (Lipinski definition) is 3. The van der Waals surface area contributed by atoms with Gasteiger partial charge in [-0.05, 0) is 50.2 Å². The van der Waals surface area contributed by atoms with E-state index in [4.69, 9.17) is 16.2 Å². The second-order valence-electron chi connectivity index (χ2n) is 6.64. The van der Waals surface area contributed by atoms with Crippen molar-refractivity contribution in [3.05, 3.63) is 48.7 Å². The van der Waals surface area contributed by atoms with E-state index < -0.39 is 0 Å². The van der Waals surface area contributed by atoms with Crippen LogP contribution >= 0.6 is 0 Å². The van der Waals surface area contributed by atoms with E-state index in [0.717, 1.165) is 13.1 Å². The first-order valence-corrected chi connectivity index (χ1v) is 9.40. The molecule has 0 spiro atoms. The van der Waals surface area contributed by atoms with Crippen molar-refractivity contribution in [3.63, 3.8) is 0 Å². The van der Waals surface area contributed by atoms with Gasteiger partial charge in [-0.15, -0.1) is 10.2 Å². The standard InChI is InChI=1S/C20H25N7O2/c1-14(13-27-10-4-5-11-27)29-17-7-3-2-6-15(17)25-26-16-8-9-18(24-20(16)22)23-19(28)12-21/h2-3,6-9H,1,4-5,10-13,21H2,(H3,22,23,24,28). The highest BCUT2D eigenvalue weighted by molar-refractivity contribution is 5.91. The zero-order valence-electron chi connectivity index (χ0n) is 16.2. The van der Waals surface area contributed by atoms with E-state index in [9.17, 15) is 4.79 Å². The molecule has 0 atom stereocenters. The molecule has 0 radical (unpaired) electrons. The summed E-state index contributed by atoms with van der Waals surface area (Å²) in [6.07, 6.45) is 2.42. The number of nitrogens with zero attached hydrogens (tertiary/aromatic N) is 4. The highest BCUT2D eigenvalue weighted by Crippen LogP contribution is 2.31. The summed E-state index contributed by atoms with van der Waals surface area (Å²) >= 11 is 0. The Hall–Kier alpha value is -3.30. The van der Waals surface area contributed by atoms with Crippen LogP contribution in [0, 0.1) is 0 Å². The van der Waals surface area contributed by atoms with Gasteiger partial charge in [0, 0.05) is 0 Å². The molecule has 9 nitrogen and oxygen atoms in total. The average molecular weight is 395 g/mol. The topological polar surface area (TPSA) is 131 Å². The maximum absolute atomic E-state index is 11.3. The van der Waals surface area contributed by atoms with Crippen LogP contribution in [0.15, 0.2) is 59.0 Å². The van der Waals surface area contributed by atoms with Crippen LogP contribution in [0.2, 0.25) is 0 Å². The Bertz CT molecular complexity index is 907. The lowest BCUT2D eigenvalue weighted by Crippen LogP contribution is -2.23. The molecule has 5 N–H and O–H groups in total. The SMILES string of the molecule is C=C(CN1CCCC1)Oc1ccccc1N=Nc1ccc(NC(=O)CN)nc1N. The van der Waals surface area contributed by atoms with Crippen molar-refractivity contribution in [2.24, 2.45) is 16.0 Å². The maximum Gasteiger partial charge on any atom is 0.239 e. The smallest absolute Gasteiger partial charge is 0.239 e. The molecule has 3 rings (SSSR count). The third-order valence-corrected chi connectivity index (χ3v) is 4.34. The minimum atomic E-state index is -0.355. The third-order valence-electron chi connectivity index (χ3n) is 4.34. The summed E-state index contributed by atoms with van der Waals surface area (Å²) in [5.41, 5.74) is 12.1. The molecule has 1 fully saturated rings. The molecule has 0 bridgehead atoms. The number of nitrogen functional groups attached to an aromatic ring is 1. The van der Waals surface area contributed by atoms with Crippen molar-refractivity contribution in [1.82, 2.24) is 9.88 Å². The van der Waals surface area contributed by atoms with Crippen molar-refractivity contribution in [1.29, 1.82) is 0 Å². The van der Waals surface area contributed by atoms with Gasteiger partial charge in [0.25, 0.3) is 0 Å². The van der Waals surface area contributed by atoms with Gasteiger partial charge in [0.1, 0.15) is 23.0 Å². The van der Waals surface area contributed by atoms with Gasteiger partial charge >= 0.3 is 0 Å². The quantitative estimate of drug-likeness (QED) is 0.465. The summed E-state index contributed by atoms with van der Waals surface area (Å²) in [6.45, 7) is 6.71. The summed E-state index contributed by atoms with van der Waals surface area (Å²) in [7, 11) is 0. The average Bonchev–Trinajstić information content (AvgIpc) is 3.21. The maximum atomic E-state index is 11.3. The molecule has 152 valence electrons. The first-order chi connectivity index (χ1) is 14.0. The molecular weight excluding hydrogens is 370 g/mol. The number of anilines is 2. The van der Waals surface area contributed by atoms with Crippen molar-refractivity contribution < 1.29 is 9.53 Å². The number of carbonyl (C=O) groups excluding carboxylic acids is 1. The number of nitrogens with one attached hydrogen (secondary N) is 1. The molecule has 0 aliphatic carbocycles. The van der Waals surface area contributed by atoms with E-state index >= 15 is 0 Å². The van der Waals surface area contributed by atoms with Crippen LogP contribution in [0.4, 0.5) is 23.0 Å². The number of nitrogens with two attached hydrogens (primary N) is 2. The lowest BCUT2D eigenvalue weighted by Gasteiger charge is -2.17. The molecule has 1 aliphatic rings. The Labute approximate surface area is 169 Å². The second kappa shape index (κ2) is 9.76. The molecular formula is C20H25N7O2. The Morgan fingerprint density at radius 2 is 1.90 bits per heavy atom. The van der Waals surface area contributed by atoms with E-state index in [1.807, 2.05) is 18.2 Å². The van der Waals surface area contributed by atoms with Crippen molar-refractivity contribution in [2.45, 2.75) is 12.8 Å². The summed E-state index contributed by atoms with van der Waals surface area (Å²) < 4.78 is 5.91. The van der Waals surface area contributed by atoms with Gasteiger partial charge in [0.15, 0.2) is 11.6 Å². The predicted octanol–water partition coefficient (Wildman–Crippen LogP) is 2.96. The molecule has 1 amide bonds. The largest absolute Gasteiger partial charge is 0.459 e. The van der Waals surface area contributed by atoms with Gasteiger partial charge < -0.3 is 21.5 Å². The molecule has 0 saturated carbocycles. The Kier molecular flexibility index (Phi) is 6.88. The number of aromatic nitrogens is 1. The molecule has 9 heteroatoms. The van der Waals surface area contributed by atoms with Crippen LogP contribution in [0.3, 0.4) is 0 Å². The normalized spacial score (nSPS) is 14.2. The van der Waals surface area contributed by atoms with Gasteiger partial charge in [-0.25, -0.2) is 4.98 Å². The highest BCUT2D eigenvalue weighted by Gasteiger charge is 2.14. The number of amides is 1. The van der Waals surface area contributed by atoms with Gasteiger partial charge in [-0.1, -0.05) is 18.7 Å². The highest BCUT2D eigenvalue weighted by atomic mass is 16.5. The van der Waals surface area contributed by atoms with Gasteiger partial charge in [-0.3, -0.25) is 9.69 Å². The fourth-order valence-corrected chi connectivity index (χ4v) is 2.93. The van der Waals surface area contributed by atoms with Crippen LogP contribution in [0.25, 0.3) is 0 Å². The van der Waals surface area contributed by atoms with E-state index in [2.05, 4.69) is 32.0 Å². The number of para-hydroxylation sites is 1. The second-order valence-corrected chi connectivity index (χ2v) is 6.64. The van der Waals surface area contributed by atoms with E-state index in [-0.39, 0.29) is 18.3 Å². The van der Waals surface area contributed by atoms with Gasteiger partial charge in [0.2, 0.25) is 5.91 Å². The molecule has 29 heavy (non-hydrogen) atoms. The Balaban J connectivity index is 1.69. The first kappa shape index (κ1) is 20.4. The number of carbonyl (C=O) groups is 1. The summed E-state index contributed by atoms with van der Waals surface area (Å²) in [5.74, 6) is 1.32. The number of rotatable bonds is 8. The lowest BCUT2D eigenvalue weighted by atomic mass is 10.3. The number of likely N-dealkylation sites (tertiary alicyclic amines) is 1. The van der Waals surface area contributed by atoms with E-state index in [1.165, 1.54) is 12.8 Å². The summed E-state index contributed by atoms with van der Waals surface area (Å²) in [4.78, 5) is 17.7. The molecule has 2 heterocycles. The van der Waals surface area contributed by atoms with Crippen LogP contribution < -0.4 is 21.5 Å². The molecule has 1 aromatic heterocycles. The van der Waals surface area contributed by atoms with Crippen molar-refractivity contribution in [2.75, 3.05) is 37.2 Å². The van der Waals surface area contributed by atoms with Crippen LogP contribution in [-0.2, 0) is 4.79 Å². The van der Waals surface area contributed by atoms with Crippen molar-refractivity contribution in [3.8, 4) is 5.75 Å². The predicted molar refractivity (Wildman–Crippen MR) is 112 cm³/mol. The minimum Gasteiger partial charge on any atom is -0.459 e. The minimum absolute atomic E-state index is 0.136. The van der Waals surface area contributed by atoms with Gasteiger partial charge in [0.05, 0.1) is 13.1 Å². The fourth-order valence-electron chi connectivity index (χ4n) is 2.93. The van der Waals surface area contributed by atoms with Crippen molar-refractivity contribution >= 4 is 28.9 Å². The van der Waals surface area contributed by atoms with E-state index in [0.29, 0.717) is 35.2 Å². The number of azo groups is 1. The van der Waals surface area contributed by atoms with E-state index in [1.54, 1.807) is 18.2 Å². The van der Waals surface area contributed by atoms with Crippen LogP contribution in [0.5, 0.6) is 5.75 Å². The molecule has 2 aromatic rings. The monoisotopic (exact) mass is 395 g/mol. The molecule has 0 unspecified atom stereocenters. The van der Waals surface area contributed by atoms with Gasteiger partial charge in [-0.2, -0.15) is 0 Å².